The zero-order valence-electron chi connectivity index (χ0n) is 4.92. The fourth-order valence-electron chi connectivity index (χ4n) is 0.645. The second-order valence-corrected chi connectivity index (χ2v) is 4.02. The van der Waals surface area contributed by atoms with Crippen molar-refractivity contribution in [2.75, 3.05) is 0 Å². The minimum atomic E-state index is 0.528. The van der Waals surface area contributed by atoms with Gasteiger partial charge in [-0.2, -0.15) is 0 Å². The molecule has 0 unspecified atom stereocenters. The Bertz CT molecular complexity index is 111. The molecular formula is C5H10N2Se. The summed E-state index contributed by atoms with van der Waals surface area (Å²) in [6.07, 6.45) is 1.16. The van der Waals surface area contributed by atoms with Crippen molar-refractivity contribution in [2.45, 2.75) is 24.7 Å². The Hall–Kier alpha value is -0.0105. The molecule has 1 atom stereocenters. The van der Waals surface area contributed by atoms with Gasteiger partial charge in [-0.05, 0) is 0 Å². The molecule has 46 valence electrons. The molecule has 0 radical (unpaired) electrons. The SMILES string of the molecule is CC[C@@H]1C[Se]C(N)=N1. The molecule has 0 saturated heterocycles. The number of rotatable bonds is 1. The summed E-state index contributed by atoms with van der Waals surface area (Å²) in [7, 11) is 0. The summed E-state index contributed by atoms with van der Waals surface area (Å²) in [5.41, 5.74) is 5.48. The Kier molecular flexibility index (Phi) is 1.92. The van der Waals surface area contributed by atoms with Crippen molar-refractivity contribution < 1.29 is 0 Å². The van der Waals surface area contributed by atoms with E-state index in [4.69, 9.17) is 5.73 Å². The number of amidine groups is 1. The first-order valence-electron chi connectivity index (χ1n) is 2.79. The first kappa shape index (κ1) is 6.11. The van der Waals surface area contributed by atoms with Crippen molar-refractivity contribution in [1.29, 1.82) is 0 Å². The van der Waals surface area contributed by atoms with Crippen LogP contribution in [0.25, 0.3) is 0 Å². The van der Waals surface area contributed by atoms with Crippen molar-refractivity contribution in [3.63, 3.8) is 0 Å². The molecule has 0 aromatic rings. The van der Waals surface area contributed by atoms with Crippen LogP contribution >= 0.6 is 0 Å². The first-order valence-corrected chi connectivity index (χ1v) is 4.85. The summed E-state index contributed by atoms with van der Waals surface area (Å²) in [5, 5.41) is 1.23. The maximum atomic E-state index is 5.48. The quantitative estimate of drug-likeness (QED) is 0.571. The van der Waals surface area contributed by atoms with Crippen LogP contribution in [0.2, 0.25) is 5.32 Å². The van der Waals surface area contributed by atoms with E-state index < -0.39 is 0 Å². The molecule has 0 aromatic heterocycles. The van der Waals surface area contributed by atoms with Gasteiger partial charge in [0.05, 0.1) is 0 Å². The molecular weight excluding hydrogens is 167 g/mol. The van der Waals surface area contributed by atoms with Crippen LogP contribution in [-0.2, 0) is 0 Å². The van der Waals surface area contributed by atoms with E-state index in [1.165, 1.54) is 5.32 Å². The molecule has 0 spiro atoms. The van der Waals surface area contributed by atoms with Crippen LogP contribution < -0.4 is 5.73 Å². The van der Waals surface area contributed by atoms with Crippen molar-refractivity contribution in [3.05, 3.63) is 0 Å². The van der Waals surface area contributed by atoms with Crippen LogP contribution in [0.5, 0.6) is 0 Å². The third kappa shape index (κ3) is 1.23. The Morgan fingerprint density at radius 2 is 2.75 bits per heavy atom. The van der Waals surface area contributed by atoms with Gasteiger partial charge in [0.15, 0.2) is 0 Å². The minimum absolute atomic E-state index is 0.528. The average molecular weight is 177 g/mol. The maximum absolute atomic E-state index is 5.48. The number of hydrogen-bond acceptors (Lipinski definition) is 2. The topological polar surface area (TPSA) is 38.4 Å². The zero-order valence-corrected chi connectivity index (χ0v) is 6.64. The fourth-order valence-corrected chi connectivity index (χ4v) is 2.53. The van der Waals surface area contributed by atoms with Crippen molar-refractivity contribution >= 4 is 19.7 Å². The molecule has 2 N–H and O–H groups in total. The van der Waals surface area contributed by atoms with Gasteiger partial charge >= 0.3 is 55.1 Å². The van der Waals surface area contributed by atoms with Gasteiger partial charge in [-0.1, -0.05) is 0 Å². The van der Waals surface area contributed by atoms with E-state index >= 15 is 0 Å². The average Bonchev–Trinajstić information content (AvgIpc) is 2.14. The Balaban J connectivity index is 2.41. The van der Waals surface area contributed by atoms with E-state index in [2.05, 4.69) is 11.9 Å². The zero-order chi connectivity index (χ0) is 5.98. The van der Waals surface area contributed by atoms with Gasteiger partial charge in [-0.15, -0.1) is 0 Å². The van der Waals surface area contributed by atoms with Gasteiger partial charge in [0.25, 0.3) is 0 Å². The predicted molar refractivity (Wildman–Crippen MR) is 36.3 cm³/mol. The van der Waals surface area contributed by atoms with Crippen LogP contribution in [0.4, 0.5) is 0 Å². The van der Waals surface area contributed by atoms with Gasteiger partial charge in [-0.25, -0.2) is 0 Å². The molecule has 2 nitrogen and oxygen atoms in total. The van der Waals surface area contributed by atoms with E-state index in [-0.39, 0.29) is 0 Å². The van der Waals surface area contributed by atoms with E-state index in [0.29, 0.717) is 21.0 Å². The fraction of sp³-hybridized carbons (Fsp3) is 0.800. The van der Waals surface area contributed by atoms with Gasteiger partial charge in [0.1, 0.15) is 0 Å². The Labute approximate surface area is 55.7 Å². The summed E-state index contributed by atoms with van der Waals surface area (Å²) in [5.74, 6) is 0. The number of hydrogen-bond donors (Lipinski definition) is 1. The van der Waals surface area contributed by atoms with Crippen molar-refractivity contribution in [2.24, 2.45) is 10.7 Å². The van der Waals surface area contributed by atoms with Gasteiger partial charge in [0, 0.05) is 0 Å². The third-order valence-corrected chi connectivity index (χ3v) is 3.20. The summed E-state index contributed by atoms with van der Waals surface area (Å²) in [6, 6.07) is 0.565. The van der Waals surface area contributed by atoms with Crippen molar-refractivity contribution in [1.82, 2.24) is 0 Å². The van der Waals surface area contributed by atoms with Crippen LogP contribution in [0.1, 0.15) is 13.3 Å². The number of nitrogens with zero attached hydrogens (tertiary/aromatic N) is 1. The predicted octanol–water partition coefficient (Wildman–Crippen LogP) is 0.216. The molecule has 1 aliphatic heterocycles. The van der Waals surface area contributed by atoms with Crippen molar-refractivity contribution in [3.8, 4) is 0 Å². The summed E-state index contributed by atoms with van der Waals surface area (Å²) in [4.78, 5) is 4.23. The van der Waals surface area contributed by atoms with Crippen LogP contribution in [0.15, 0.2) is 4.99 Å². The Morgan fingerprint density at radius 1 is 2.00 bits per heavy atom. The monoisotopic (exact) mass is 178 g/mol. The third-order valence-electron chi connectivity index (χ3n) is 1.20. The second kappa shape index (κ2) is 2.51. The molecule has 0 aliphatic carbocycles. The van der Waals surface area contributed by atoms with Gasteiger partial charge in [-0.3, -0.25) is 0 Å². The number of nitrogens with two attached hydrogens (primary N) is 1. The van der Waals surface area contributed by atoms with E-state index in [0.717, 1.165) is 11.2 Å². The van der Waals surface area contributed by atoms with Gasteiger partial charge in [0.2, 0.25) is 0 Å². The van der Waals surface area contributed by atoms with E-state index in [1.807, 2.05) is 0 Å². The molecule has 8 heavy (non-hydrogen) atoms. The molecule has 3 heteroatoms. The molecule has 0 fully saturated rings. The normalized spacial score (nSPS) is 28.1. The molecule has 0 saturated carbocycles. The van der Waals surface area contributed by atoms with Crippen LogP contribution in [-0.4, -0.2) is 25.7 Å². The molecule has 0 bridgehead atoms. The summed E-state index contributed by atoms with van der Waals surface area (Å²) in [6.45, 7) is 2.16. The van der Waals surface area contributed by atoms with E-state index in [1.54, 1.807) is 0 Å². The molecule has 0 aromatic carbocycles. The molecule has 1 heterocycles. The first-order chi connectivity index (χ1) is 3.83. The number of aliphatic imine (C=N–C) groups is 1. The molecule has 1 aliphatic rings. The summed E-state index contributed by atoms with van der Waals surface area (Å²) < 4.78 is 0.907. The van der Waals surface area contributed by atoms with Gasteiger partial charge < -0.3 is 0 Å². The summed E-state index contributed by atoms with van der Waals surface area (Å²) >= 11 is 0.528. The second-order valence-electron chi connectivity index (χ2n) is 1.84. The van der Waals surface area contributed by atoms with E-state index in [9.17, 15) is 0 Å². The van der Waals surface area contributed by atoms with Crippen LogP contribution in [0, 0.1) is 0 Å². The standard InChI is InChI=1S/C5H10N2Se/c1-2-4-3-8-5(6)7-4/h4H,2-3H2,1H3,(H2,6,7)/t4-/m1/s1. The molecule has 0 amide bonds. The molecule has 1 rings (SSSR count). The Morgan fingerprint density at radius 3 is 3.00 bits per heavy atom. The van der Waals surface area contributed by atoms with Crippen LogP contribution in [0.3, 0.4) is 0 Å².